The maximum Gasteiger partial charge on any atom is 0.255 e. The zero-order valence-electron chi connectivity index (χ0n) is 18.8. The van der Waals surface area contributed by atoms with Gasteiger partial charge in [0.05, 0.1) is 30.3 Å². The van der Waals surface area contributed by atoms with E-state index in [-0.39, 0.29) is 28.3 Å². The van der Waals surface area contributed by atoms with E-state index in [1.807, 2.05) is 13.8 Å². The molecule has 10 heteroatoms. The number of rotatable bonds is 6. The second-order valence-electron chi connectivity index (χ2n) is 8.30. The molecule has 0 fully saturated rings. The van der Waals surface area contributed by atoms with Crippen molar-refractivity contribution in [2.75, 3.05) is 13.2 Å². The molecule has 2 aromatic heterocycles. The lowest BCUT2D eigenvalue weighted by Crippen LogP contribution is -2.35. The molecule has 0 saturated heterocycles. The summed E-state index contributed by atoms with van der Waals surface area (Å²) in [6.07, 6.45) is 1.51. The van der Waals surface area contributed by atoms with Gasteiger partial charge in [0.2, 0.25) is 0 Å². The highest BCUT2D eigenvalue weighted by Gasteiger charge is 2.33. The molecule has 2 heterocycles. The first kappa shape index (κ1) is 24.7. The fourth-order valence-electron chi connectivity index (χ4n) is 3.97. The number of benzene rings is 2. The van der Waals surface area contributed by atoms with Crippen LogP contribution in [-0.2, 0) is 5.60 Å². The minimum atomic E-state index is -2.15. The highest BCUT2D eigenvalue weighted by Crippen LogP contribution is 2.35. The summed E-state index contributed by atoms with van der Waals surface area (Å²) < 4.78 is 29.7. The van der Waals surface area contributed by atoms with Gasteiger partial charge in [0, 0.05) is 34.5 Å². The standard InChI is InChI=1S/C25H22ClF2N3O4/c1-13-7-16(26)8-14(2)23(13)31-10-15(3-6-20(31)34)21-22(18-5-4-17(27)9-19(18)28)30-24(29-21)25(35,11-32)12-33/h3-10,32-33,35H,11-12H2,1-2H3,(H,29,30). The number of pyridine rings is 1. The van der Waals surface area contributed by atoms with Crippen molar-refractivity contribution in [2.45, 2.75) is 19.4 Å². The van der Waals surface area contributed by atoms with Crippen LogP contribution in [0.15, 0.2) is 53.5 Å². The van der Waals surface area contributed by atoms with Crippen molar-refractivity contribution < 1.29 is 24.1 Å². The molecule has 2 aromatic carbocycles. The Labute approximate surface area is 203 Å². The molecule has 0 amide bonds. The highest BCUT2D eigenvalue weighted by molar-refractivity contribution is 6.30. The van der Waals surface area contributed by atoms with E-state index >= 15 is 0 Å². The first-order valence-electron chi connectivity index (χ1n) is 10.6. The maximum atomic E-state index is 14.7. The van der Waals surface area contributed by atoms with Gasteiger partial charge >= 0.3 is 0 Å². The van der Waals surface area contributed by atoms with Crippen LogP contribution in [0.1, 0.15) is 17.0 Å². The number of hydrogen-bond donors (Lipinski definition) is 4. The normalized spacial score (nSPS) is 11.8. The molecule has 4 N–H and O–H groups in total. The Kier molecular flexibility index (Phi) is 6.61. The van der Waals surface area contributed by atoms with Gasteiger partial charge in [-0.2, -0.15) is 0 Å². The molecule has 0 radical (unpaired) electrons. The number of H-pyrrole nitrogens is 1. The van der Waals surface area contributed by atoms with Crippen molar-refractivity contribution >= 4 is 11.6 Å². The van der Waals surface area contributed by atoms with Gasteiger partial charge in [0.15, 0.2) is 5.60 Å². The number of aromatic nitrogens is 3. The SMILES string of the molecule is Cc1cc(Cl)cc(C)c1-n1cc(-c2nc(C(O)(CO)CO)[nH]c2-c2ccc(F)cc2F)ccc1=O. The van der Waals surface area contributed by atoms with E-state index in [0.717, 1.165) is 17.2 Å². The first-order valence-corrected chi connectivity index (χ1v) is 11.0. The van der Waals surface area contributed by atoms with E-state index in [1.165, 1.54) is 29.0 Å². The molecule has 35 heavy (non-hydrogen) atoms. The summed E-state index contributed by atoms with van der Waals surface area (Å²) in [5, 5.41) is 30.4. The number of hydrogen-bond acceptors (Lipinski definition) is 5. The van der Waals surface area contributed by atoms with Crippen molar-refractivity contribution in [3.8, 4) is 28.2 Å². The second kappa shape index (κ2) is 9.35. The van der Waals surface area contributed by atoms with E-state index in [2.05, 4.69) is 9.97 Å². The molecule has 7 nitrogen and oxygen atoms in total. The van der Waals surface area contributed by atoms with Crippen molar-refractivity contribution in [3.05, 3.63) is 92.6 Å². The number of aryl methyl sites for hydroxylation is 2. The number of halogens is 3. The van der Waals surface area contributed by atoms with Gasteiger partial charge in [-0.3, -0.25) is 9.36 Å². The molecule has 4 aromatic rings. The van der Waals surface area contributed by atoms with E-state index in [0.29, 0.717) is 22.3 Å². The lowest BCUT2D eigenvalue weighted by Gasteiger charge is -2.20. The summed E-state index contributed by atoms with van der Waals surface area (Å²) >= 11 is 6.14. The minimum absolute atomic E-state index is 0.0602. The van der Waals surface area contributed by atoms with Crippen molar-refractivity contribution in [1.82, 2.24) is 14.5 Å². The third kappa shape index (κ3) is 4.51. The molecule has 0 saturated carbocycles. The van der Waals surface area contributed by atoms with E-state index in [4.69, 9.17) is 11.6 Å². The van der Waals surface area contributed by atoms with Crippen LogP contribution >= 0.6 is 11.6 Å². The van der Waals surface area contributed by atoms with E-state index in [9.17, 15) is 28.9 Å². The fraction of sp³-hybridized carbons (Fsp3) is 0.200. The summed E-state index contributed by atoms with van der Waals surface area (Å²) in [6.45, 7) is 1.87. The Morgan fingerprint density at radius 3 is 2.31 bits per heavy atom. The van der Waals surface area contributed by atoms with Crippen LogP contribution in [0.5, 0.6) is 0 Å². The van der Waals surface area contributed by atoms with Crippen molar-refractivity contribution in [2.24, 2.45) is 0 Å². The van der Waals surface area contributed by atoms with Gasteiger partial charge in [-0.05, 0) is 55.3 Å². The van der Waals surface area contributed by atoms with Crippen LogP contribution < -0.4 is 5.56 Å². The van der Waals surface area contributed by atoms with E-state index < -0.39 is 30.4 Å². The molecule has 0 unspecified atom stereocenters. The van der Waals surface area contributed by atoms with E-state index in [1.54, 1.807) is 12.1 Å². The number of aromatic amines is 1. The molecule has 0 aliphatic heterocycles. The van der Waals surface area contributed by atoms with Crippen LogP contribution in [0.3, 0.4) is 0 Å². The summed E-state index contributed by atoms with van der Waals surface area (Å²) in [6, 6.07) is 9.19. The molecule has 182 valence electrons. The Morgan fingerprint density at radius 2 is 1.71 bits per heavy atom. The lowest BCUT2D eigenvalue weighted by molar-refractivity contribution is -0.0655. The van der Waals surface area contributed by atoms with Gasteiger partial charge in [-0.25, -0.2) is 13.8 Å². The van der Waals surface area contributed by atoms with Gasteiger partial charge in [-0.15, -0.1) is 0 Å². The zero-order valence-corrected chi connectivity index (χ0v) is 19.6. The molecule has 4 rings (SSSR count). The second-order valence-corrected chi connectivity index (χ2v) is 8.73. The smallest absolute Gasteiger partial charge is 0.255 e. The summed E-state index contributed by atoms with van der Waals surface area (Å²) in [5.74, 6) is -1.90. The maximum absolute atomic E-state index is 14.7. The largest absolute Gasteiger partial charge is 0.393 e. The topological polar surface area (TPSA) is 111 Å². The number of aliphatic hydroxyl groups is 3. The lowest BCUT2D eigenvalue weighted by atomic mass is 10.0. The predicted molar refractivity (Wildman–Crippen MR) is 128 cm³/mol. The van der Waals surface area contributed by atoms with Crippen LogP contribution in [-0.4, -0.2) is 43.1 Å². The Balaban J connectivity index is 1.99. The third-order valence-electron chi connectivity index (χ3n) is 5.75. The third-order valence-corrected chi connectivity index (χ3v) is 5.97. The first-order chi connectivity index (χ1) is 16.6. The summed E-state index contributed by atoms with van der Waals surface area (Å²) in [4.78, 5) is 19.9. The average molecular weight is 502 g/mol. The van der Waals surface area contributed by atoms with Gasteiger partial charge in [-0.1, -0.05) is 11.6 Å². The molecule has 0 aliphatic rings. The molecule has 0 atom stereocenters. The number of aliphatic hydroxyl groups excluding tert-OH is 2. The monoisotopic (exact) mass is 501 g/mol. The zero-order chi connectivity index (χ0) is 25.5. The highest BCUT2D eigenvalue weighted by atomic mass is 35.5. The van der Waals surface area contributed by atoms with Gasteiger partial charge in [0.25, 0.3) is 5.56 Å². The Morgan fingerprint density at radius 1 is 1.06 bits per heavy atom. The molecular weight excluding hydrogens is 480 g/mol. The van der Waals surface area contributed by atoms with Crippen LogP contribution in [0, 0.1) is 25.5 Å². The molecular formula is C25H22ClF2N3O4. The quantitative estimate of drug-likeness (QED) is 0.322. The Bertz CT molecular complexity index is 1460. The number of nitrogens with zero attached hydrogens (tertiary/aromatic N) is 2. The average Bonchev–Trinajstić information content (AvgIpc) is 3.25. The number of imidazole rings is 1. The predicted octanol–water partition coefficient (Wildman–Crippen LogP) is 3.62. The van der Waals surface area contributed by atoms with Crippen LogP contribution in [0.4, 0.5) is 8.78 Å². The minimum Gasteiger partial charge on any atom is -0.393 e. The van der Waals surface area contributed by atoms with Crippen LogP contribution in [0.2, 0.25) is 5.02 Å². The van der Waals surface area contributed by atoms with Gasteiger partial charge in [0.1, 0.15) is 17.5 Å². The van der Waals surface area contributed by atoms with Crippen molar-refractivity contribution in [1.29, 1.82) is 0 Å². The molecule has 0 spiro atoms. The summed E-state index contributed by atoms with van der Waals surface area (Å²) in [7, 11) is 0. The number of nitrogens with one attached hydrogen (secondary N) is 1. The van der Waals surface area contributed by atoms with Gasteiger partial charge < -0.3 is 20.3 Å². The Hall–Kier alpha value is -3.37. The van der Waals surface area contributed by atoms with Crippen molar-refractivity contribution in [3.63, 3.8) is 0 Å². The molecule has 0 bridgehead atoms. The fourth-order valence-corrected chi connectivity index (χ4v) is 4.30. The summed E-state index contributed by atoms with van der Waals surface area (Å²) in [5.41, 5.74) is 0.0857. The van der Waals surface area contributed by atoms with Crippen LogP contribution in [0.25, 0.3) is 28.2 Å². The molecule has 0 aliphatic carbocycles.